The number of aromatic nitrogens is 1. The van der Waals surface area contributed by atoms with Gasteiger partial charge in [0, 0.05) is 11.6 Å². The summed E-state index contributed by atoms with van der Waals surface area (Å²) >= 11 is 0. The Morgan fingerprint density at radius 1 is 1.17 bits per heavy atom. The number of likely N-dealkylation sites (N-methyl/N-ethyl adjacent to an activating group) is 1. The van der Waals surface area contributed by atoms with Gasteiger partial charge in [-0.05, 0) is 20.0 Å². The molecule has 2 rings (SSSR count). The Balaban J connectivity index is 2.77. The van der Waals surface area contributed by atoms with Gasteiger partial charge in [0.2, 0.25) is 11.6 Å². The molecule has 0 spiro atoms. The van der Waals surface area contributed by atoms with Gasteiger partial charge in [-0.15, -0.1) is 0 Å². The molecular weight excluding hydrogens is 240 g/mol. The van der Waals surface area contributed by atoms with E-state index in [9.17, 15) is 25.6 Å². The number of benzene rings is 1. The Morgan fingerprint density at radius 3 is 2.44 bits per heavy atom. The largest absolute Gasteiger partial charge is 0.504 e. The van der Waals surface area contributed by atoms with Crippen LogP contribution in [0.3, 0.4) is 0 Å². The summed E-state index contributed by atoms with van der Waals surface area (Å²) in [5, 5.41) is 51.0. The van der Waals surface area contributed by atoms with E-state index in [1.54, 1.807) is 7.05 Å². The van der Waals surface area contributed by atoms with Crippen molar-refractivity contribution in [2.45, 2.75) is 6.42 Å². The molecule has 1 aromatic carbocycles. The summed E-state index contributed by atoms with van der Waals surface area (Å²) in [4.78, 5) is 0. The average Bonchev–Trinajstić information content (AvgIpc) is 2.58. The van der Waals surface area contributed by atoms with Crippen molar-refractivity contribution in [2.24, 2.45) is 0 Å². The van der Waals surface area contributed by atoms with E-state index in [1.807, 2.05) is 0 Å². The summed E-state index contributed by atoms with van der Waals surface area (Å²) in [6, 6.07) is 1.06. The predicted octanol–water partition coefficient (Wildman–Crippen LogP) is 0.463. The van der Waals surface area contributed by atoms with Crippen LogP contribution in [0.1, 0.15) is 5.56 Å². The first-order valence-electron chi connectivity index (χ1n) is 5.33. The third-order valence-electron chi connectivity index (χ3n) is 2.86. The molecule has 0 aliphatic carbocycles. The third kappa shape index (κ3) is 1.56. The summed E-state index contributed by atoms with van der Waals surface area (Å²) in [5.41, 5.74) is 0.307. The molecule has 7 heteroatoms. The van der Waals surface area contributed by atoms with Gasteiger partial charge in [-0.2, -0.15) is 4.73 Å². The molecule has 0 bridgehead atoms. The van der Waals surface area contributed by atoms with Crippen molar-refractivity contribution in [1.82, 2.24) is 10.0 Å². The number of hydrogen-bond acceptors (Lipinski definition) is 6. The minimum absolute atomic E-state index is 0.0198. The molecule has 2 aromatic rings. The molecule has 0 radical (unpaired) electrons. The van der Waals surface area contributed by atoms with Gasteiger partial charge in [-0.1, -0.05) is 0 Å². The Hall–Kier alpha value is -2.28. The molecule has 0 fully saturated rings. The van der Waals surface area contributed by atoms with Gasteiger partial charge in [0.25, 0.3) is 0 Å². The van der Waals surface area contributed by atoms with E-state index in [2.05, 4.69) is 5.32 Å². The molecule has 0 aliphatic heterocycles. The quantitative estimate of drug-likeness (QED) is 0.350. The van der Waals surface area contributed by atoms with Gasteiger partial charge >= 0.3 is 0 Å². The van der Waals surface area contributed by atoms with E-state index < -0.39 is 23.1 Å². The minimum atomic E-state index is -0.682. The Bertz CT molecular complexity index is 605. The van der Waals surface area contributed by atoms with E-state index in [-0.39, 0.29) is 16.5 Å². The van der Waals surface area contributed by atoms with E-state index >= 15 is 0 Å². The van der Waals surface area contributed by atoms with E-state index in [0.717, 1.165) is 6.07 Å². The van der Waals surface area contributed by atoms with Crippen LogP contribution in [0, 0.1) is 0 Å². The summed E-state index contributed by atoms with van der Waals surface area (Å²) in [6.07, 6.45) is 0.337. The van der Waals surface area contributed by atoms with Crippen molar-refractivity contribution in [1.29, 1.82) is 0 Å². The summed E-state index contributed by atoms with van der Waals surface area (Å²) in [5.74, 6) is -2.26. The fourth-order valence-corrected chi connectivity index (χ4v) is 1.94. The first-order valence-corrected chi connectivity index (χ1v) is 5.33. The molecule has 0 atom stereocenters. The third-order valence-corrected chi connectivity index (χ3v) is 2.86. The maximum atomic E-state index is 9.79. The van der Waals surface area contributed by atoms with Crippen molar-refractivity contribution in [3.05, 3.63) is 11.6 Å². The molecule has 1 heterocycles. The van der Waals surface area contributed by atoms with Crippen molar-refractivity contribution >= 4 is 10.9 Å². The second-order valence-corrected chi connectivity index (χ2v) is 3.95. The first kappa shape index (κ1) is 12.2. The lowest BCUT2D eigenvalue weighted by Gasteiger charge is -2.04. The summed E-state index contributed by atoms with van der Waals surface area (Å²) in [6.45, 7) is 0.508. The lowest BCUT2D eigenvalue weighted by molar-refractivity contribution is 0.166. The fraction of sp³-hybridized carbons (Fsp3) is 0.273. The van der Waals surface area contributed by atoms with Crippen LogP contribution in [0.15, 0.2) is 6.07 Å². The van der Waals surface area contributed by atoms with Crippen LogP contribution < -0.4 is 5.32 Å². The van der Waals surface area contributed by atoms with Crippen LogP contribution in [0.25, 0.3) is 10.9 Å². The molecule has 6 N–H and O–H groups in total. The van der Waals surface area contributed by atoms with Gasteiger partial charge in [-0.3, -0.25) is 0 Å². The minimum Gasteiger partial charge on any atom is -0.504 e. The number of fused-ring (bicyclic) bond motifs is 1. The molecule has 0 saturated heterocycles. The van der Waals surface area contributed by atoms with Gasteiger partial charge < -0.3 is 31.0 Å². The molecule has 1 aromatic heterocycles. The molecule has 18 heavy (non-hydrogen) atoms. The van der Waals surface area contributed by atoms with Crippen molar-refractivity contribution in [3.63, 3.8) is 0 Å². The van der Waals surface area contributed by atoms with Crippen LogP contribution in [0.5, 0.6) is 23.1 Å². The Morgan fingerprint density at radius 2 is 1.83 bits per heavy atom. The molecule has 98 valence electrons. The normalized spacial score (nSPS) is 11.2. The smallest absolute Gasteiger partial charge is 0.229 e. The van der Waals surface area contributed by atoms with Crippen LogP contribution in [0.2, 0.25) is 0 Å². The first-order chi connectivity index (χ1) is 8.49. The van der Waals surface area contributed by atoms with E-state index in [0.29, 0.717) is 17.7 Å². The number of nitrogens with one attached hydrogen (secondary N) is 1. The topological polar surface area (TPSA) is 118 Å². The monoisotopic (exact) mass is 254 g/mol. The van der Waals surface area contributed by atoms with Gasteiger partial charge in [0.1, 0.15) is 0 Å². The zero-order chi connectivity index (χ0) is 13.4. The molecule has 0 amide bonds. The number of phenolic OH excluding ortho intramolecular Hbond substituents is 3. The number of aromatic hydroxyl groups is 4. The van der Waals surface area contributed by atoms with Crippen LogP contribution >= 0.6 is 0 Å². The number of nitrogens with zero attached hydrogens (tertiary/aromatic N) is 1. The highest BCUT2D eigenvalue weighted by molar-refractivity contribution is 5.95. The maximum Gasteiger partial charge on any atom is 0.229 e. The highest BCUT2D eigenvalue weighted by atomic mass is 16.5. The molecular formula is C11H14N2O5. The van der Waals surface area contributed by atoms with Gasteiger partial charge in [0.15, 0.2) is 11.5 Å². The number of rotatable bonds is 3. The molecule has 0 unspecified atom stereocenters. The average molecular weight is 254 g/mol. The SMILES string of the molecule is CNCCc1c(O)n(O)c2cc(O)c(O)c(O)c12. The highest BCUT2D eigenvalue weighted by Crippen LogP contribution is 2.45. The lowest BCUT2D eigenvalue weighted by atomic mass is 10.1. The van der Waals surface area contributed by atoms with Crippen molar-refractivity contribution in [3.8, 4) is 23.1 Å². The van der Waals surface area contributed by atoms with Crippen LogP contribution in [-0.4, -0.2) is 44.0 Å². The number of phenols is 3. The summed E-state index contributed by atoms with van der Waals surface area (Å²) < 4.78 is 0.458. The highest BCUT2D eigenvalue weighted by Gasteiger charge is 2.23. The van der Waals surface area contributed by atoms with E-state index in [4.69, 9.17) is 0 Å². The number of hydrogen-bond donors (Lipinski definition) is 6. The predicted molar refractivity (Wildman–Crippen MR) is 63.4 cm³/mol. The van der Waals surface area contributed by atoms with E-state index in [1.165, 1.54) is 0 Å². The van der Waals surface area contributed by atoms with Gasteiger partial charge in [-0.25, -0.2) is 0 Å². The summed E-state index contributed by atoms with van der Waals surface area (Å²) in [7, 11) is 1.72. The molecule has 0 aliphatic rings. The standard InChI is InChI=1S/C11H14N2O5/c1-12-3-2-5-8-6(13(18)11(5)17)4-7(14)9(15)10(8)16/h4,12,14-18H,2-3H2,1H3. The fourth-order valence-electron chi connectivity index (χ4n) is 1.94. The maximum absolute atomic E-state index is 9.79. The van der Waals surface area contributed by atoms with Crippen molar-refractivity contribution in [2.75, 3.05) is 13.6 Å². The van der Waals surface area contributed by atoms with Crippen LogP contribution in [0.4, 0.5) is 0 Å². The van der Waals surface area contributed by atoms with Crippen LogP contribution in [-0.2, 0) is 6.42 Å². The van der Waals surface area contributed by atoms with Crippen molar-refractivity contribution < 1.29 is 25.6 Å². The zero-order valence-corrected chi connectivity index (χ0v) is 9.67. The Labute approximate surface area is 102 Å². The molecule has 0 saturated carbocycles. The second-order valence-electron chi connectivity index (χ2n) is 3.95. The lowest BCUT2D eigenvalue weighted by Crippen LogP contribution is -2.10. The molecule has 7 nitrogen and oxygen atoms in total. The Kier molecular flexibility index (Phi) is 2.84. The van der Waals surface area contributed by atoms with Gasteiger partial charge in [0.05, 0.1) is 10.9 Å². The zero-order valence-electron chi connectivity index (χ0n) is 9.67. The second kappa shape index (κ2) is 4.19.